The molecule has 2 heterocycles. The zero-order chi connectivity index (χ0) is 15.5. The van der Waals surface area contributed by atoms with Crippen molar-refractivity contribution in [3.05, 3.63) is 82.0 Å². The first kappa shape index (κ1) is 16.3. The minimum Gasteiger partial charge on any atom is -0.360 e. The van der Waals surface area contributed by atoms with Gasteiger partial charge in [0, 0.05) is 5.33 Å². The third-order valence-electron chi connectivity index (χ3n) is 2.34. The van der Waals surface area contributed by atoms with Crippen LogP contribution in [-0.4, -0.2) is 9.97 Å². The van der Waals surface area contributed by atoms with Crippen molar-refractivity contribution >= 4 is 27.6 Å². The van der Waals surface area contributed by atoms with E-state index in [1.54, 1.807) is 24.5 Å². The zero-order valence-electron chi connectivity index (χ0n) is 11.0. The van der Waals surface area contributed by atoms with Gasteiger partial charge >= 0.3 is 0 Å². The van der Waals surface area contributed by atoms with E-state index in [0.717, 1.165) is 5.56 Å². The summed E-state index contributed by atoms with van der Waals surface area (Å²) in [5.74, 6) is 0.822. The summed E-state index contributed by atoms with van der Waals surface area (Å²) in [6.07, 6.45) is 3.18. The van der Waals surface area contributed by atoms with Crippen LogP contribution in [0.3, 0.4) is 0 Å². The summed E-state index contributed by atoms with van der Waals surface area (Å²) in [7, 11) is 0. The number of hydrogen-bond donors (Lipinski definition) is 0. The lowest BCUT2D eigenvalue weighted by atomic mass is 10.2. The largest absolute Gasteiger partial charge is 0.360 e. The summed E-state index contributed by atoms with van der Waals surface area (Å²) < 4.78 is 0. The molecule has 0 radical (unpaired) electrons. The second kappa shape index (κ2) is 9.20. The van der Waals surface area contributed by atoms with Crippen molar-refractivity contribution in [2.75, 3.05) is 0 Å². The fourth-order valence-corrected chi connectivity index (χ4v) is 1.81. The molecule has 0 fully saturated rings. The summed E-state index contributed by atoms with van der Waals surface area (Å²) in [6.45, 7) is 20.3. The maximum atomic E-state index is 6.73. The van der Waals surface area contributed by atoms with Crippen LogP contribution in [0.1, 0.15) is 11.1 Å². The number of alkyl halides is 1. The Hall–Kier alpha value is -2.75. The molecular weight excluding hydrogens is 330 g/mol. The van der Waals surface area contributed by atoms with E-state index >= 15 is 0 Å². The summed E-state index contributed by atoms with van der Waals surface area (Å²) in [5, 5.41) is 0.693. The molecule has 6 heteroatoms. The second-order valence-electron chi connectivity index (χ2n) is 3.65. The molecule has 0 aliphatic rings. The Labute approximate surface area is 131 Å². The minimum absolute atomic E-state index is 0.242. The molecule has 2 aromatic heterocycles. The topological polar surface area (TPSA) is 38.9 Å². The molecule has 0 bridgehead atoms. The molecule has 0 amide bonds. The zero-order valence-corrected chi connectivity index (χ0v) is 12.6. The van der Waals surface area contributed by atoms with Gasteiger partial charge in [0.05, 0.1) is 5.56 Å². The van der Waals surface area contributed by atoms with Crippen LogP contribution in [0.15, 0.2) is 36.7 Å². The number of halogens is 1. The van der Waals surface area contributed by atoms with Crippen LogP contribution in [0.25, 0.3) is 14.5 Å². The van der Waals surface area contributed by atoms with Gasteiger partial charge in [0.25, 0.3) is 11.6 Å². The Kier molecular flexibility index (Phi) is 7.14. The minimum atomic E-state index is 0.242. The first-order valence-corrected chi connectivity index (χ1v) is 6.90. The van der Waals surface area contributed by atoms with Crippen molar-refractivity contribution in [1.29, 1.82) is 0 Å². The fraction of sp³-hybridized carbons (Fsp3) is 0.133. The predicted molar refractivity (Wildman–Crippen MR) is 83.9 cm³/mol. The van der Waals surface area contributed by atoms with E-state index < -0.39 is 0 Å². The number of nitrogens with zero attached hydrogens (tertiary/aromatic N) is 5. The summed E-state index contributed by atoms with van der Waals surface area (Å²) in [6, 6.07) is 7.19. The molecule has 0 atom stereocenters. The third-order valence-corrected chi connectivity index (χ3v) is 2.94. The summed E-state index contributed by atoms with van der Waals surface area (Å²) >= 11 is 3.27. The average molecular weight is 340 g/mol. The normalized spacial score (nSPS) is 8.48. The van der Waals surface area contributed by atoms with Gasteiger partial charge in [-0.1, -0.05) is 41.2 Å². The van der Waals surface area contributed by atoms with Gasteiger partial charge in [-0.15, -0.1) is 9.97 Å². The molecule has 0 spiro atoms. The maximum absolute atomic E-state index is 6.73. The highest BCUT2D eigenvalue weighted by Gasteiger charge is 2.03. The Morgan fingerprint density at radius 1 is 0.905 bits per heavy atom. The van der Waals surface area contributed by atoms with Gasteiger partial charge < -0.3 is 14.5 Å². The molecule has 0 saturated carbocycles. The van der Waals surface area contributed by atoms with Crippen molar-refractivity contribution in [2.45, 2.75) is 11.9 Å². The lowest BCUT2D eigenvalue weighted by molar-refractivity contribution is 1.21. The fourth-order valence-electron chi connectivity index (χ4n) is 1.37. The highest BCUT2D eigenvalue weighted by atomic mass is 79.9. The van der Waals surface area contributed by atoms with Crippen molar-refractivity contribution in [3.63, 3.8) is 0 Å². The summed E-state index contributed by atoms with van der Waals surface area (Å²) in [5.41, 5.74) is 1.65. The van der Waals surface area contributed by atoms with Crippen LogP contribution in [0, 0.1) is 19.7 Å². The molecule has 0 aliphatic heterocycles. The summed E-state index contributed by atoms with van der Waals surface area (Å²) in [4.78, 5) is 17.3. The predicted octanol–water partition coefficient (Wildman–Crippen LogP) is 4.58. The van der Waals surface area contributed by atoms with Gasteiger partial charge in [-0.3, -0.25) is 0 Å². The quantitative estimate of drug-likeness (QED) is 0.593. The molecule has 0 aromatic carbocycles. The number of pyridine rings is 2. The lowest BCUT2D eigenvalue weighted by Gasteiger charge is -1.93. The van der Waals surface area contributed by atoms with Gasteiger partial charge in [-0.2, -0.15) is 0 Å². The Balaban J connectivity index is 0.000000211. The van der Waals surface area contributed by atoms with Gasteiger partial charge in [0.1, 0.15) is 12.4 Å². The number of aromatic nitrogens is 2. The highest BCUT2D eigenvalue weighted by Crippen LogP contribution is 2.17. The molecule has 2 aromatic rings. The highest BCUT2D eigenvalue weighted by molar-refractivity contribution is 9.08. The molecule has 0 saturated heterocycles. The van der Waals surface area contributed by atoms with Gasteiger partial charge in [0.15, 0.2) is 0 Å². The lowest BCUT2D eigenvalue weighted by Crippen LogP contribution is -1.81. The van der Waals surface area contributed by atoms with E-state index in [9.17, 15) is 0 Å². The first-order chi connectivity index (χ1) is 10.3. The standard InChI is InChI=1S/C8H5N3.C7H5BrN2/c1-9-6-7-4-3-5-11-8(7)10-2;1-9-7-6(5-8)3-2-4-10-7/h3-5H,6H2;2-4H,5H2. The number of rotatable bonds is 2. The molecule has 2 rings (SSSR count). The molecule has 0 N–H and O–H groups in total. The Morgan fingerprint density at radius 2 is 1.43 bits per heavy atom. The van der Waals surface area contributed by atoms with Crippen molar-refractivity contribution in [2.24, 2.45) is 0 Å². The van der Waals surface area contributed by atoms with E-state index in [-0.39, 0.29) is 6.54 Å². The van der Waals surface area contributed by atoms with Crippen molar-refractivity contribution in [3.8, 4) is 0 Å². The van der Waals surface area contributed by atoms with Crippen LogP contribution in [0.2, 0.25) is 0 Å². The SMILES string of the molecule is [C-]#[N+]Cc1cccnc1[N+]#[C-].[C-]#[N+]c1ncccc1CBr. The maximum Gasteiger partial charge on any atom is 0.280 e. The molecular formula is C15H10BrN5. The molecule has 21 heavy (non-hydrogen) atoms. The Morgan fingerprint density at radius 3 is 1.86 bits per heavy atom. The van der Waals surface area contributed by atoms with E-state index in [1.807, 2.05) is 12.1 Å². The molecule has 5 nitrogen and oxygen atoms in total. The van der Waals surface area contributed by atoms with E-state index in [4.69, 9.17) is 19.7 Å². The average Bonchev–Trinajstić information content (AvgIpc) is 2.56. The van der Waals surface area contributed by atoms with E-state index in [2.05, 4.69) is 40.4 Å². The molecule has 0 unspecified atom stereocenters. The van der Waals surface area contributed by atoms with Crippen LogP contribution in [-0.2, 0) is 11.9 Å². The van der Waals surface area contributed by atoms with Crippen molar-refractivity contribution < 1.29 is 0 Å². The van der Waals surface area contributed by atoms with Gasteiger partial charge in [-0.05, 0) is 17.7 Å². The Bertz CT molecular complexity index is 722. The van der Waals surface area contributed by atoms with Crippen LogP contribution in [0.5, 0.6) is 0 Å². The second-order valence-corrected chi connectivity index (χ2v) is 4.21. The molecule has 102 valence electrons. The van der Waals surface area contributed by atoms with E-state index in [0.29, 0.717) is 22.5 Å². The van der Waals surface area contributed by atoms with Crippen molar-refractivity contribution in [1.82, 2.24) is 9.97 Å². The first-order valence-electron chi connectivity index (χ1n) is 5.78. The smallest absolute Gasteiger partial charge is 0.280 e. The van der Waals surface area contributed by atoms with Gasteiger partial charge in [-0.25, -0.2) is 6.57 Å². The van der Waals surface area contributed by atoms with E-state index in [1.165, 1.54) is 0 Å². The van der Waals surface area contributed by atoms with Crippen LogP contribution < -0.4 is 0 Å². The van der Waals surface area contributed by atoms with Crippen LogP contribution in [0.4, 0.5) is 11.6 Å². The third kappa shape index (κ3) is 5.03. The van der Waals surface area contributed by atoms with Crippen LogP contribution >= 0.6 is 15.9 Å². The van der Waals surface area contributed by atoms with Gasteiger partial charge in [0.2, 0.25) is 6.54 Å². The number of hydrogen-bond acceptors (Lipinski definition) is 2. The monoisotopic (exact) mass is 339 g/mol. The molecule has 0 aliphatic carbocycles.